The second-order valence-corrected chi connectivity index (χ2v) is 5.57. The fraction of sp³-hybridized carbons (Fsp3) is 0.222. The van der Waals surface area contributed by atoms with Gasteiger partial charge in [-0.25, -0.2) is 0 Å². The lowest BCUT2D eigenvalue weighted by molar-refractivity contribution is -0.122. The van der Waals surface area contributed by atoms with Crippen molar-refractivity contribution in [3.05, 3.63) is 53.6 Å². The van der Waals surface area contributed by atoms with Gasteiger partial charge in [-0.2, -0.15) is 0 Å². The molecule has 0 radical (unpaired) electrons. The van der Waals surface area contributed by atoms with Crippen molar-refractivity contribution in [1.82, 2.24) is 0 Å². The molecule has 2 rings (SSSR count). The Labute approximate surface area is 146 Å². The number of nitrogens with one attached hydrogen (secondary N) is 2. The fourth-order valence-electron chi connectivity index (χ4n) is 1.91. The van der Waals surface area contributed by atoms with Gasteiger partial charge in [-0.15, -0.1) is 0 Å². The van der Waals surface area contributed by atoms with Crippen molar-refractivity contribution in [1.29, 1.82) is 0 Å². The van der Waals surface area contributed by atoms with E-state index in [-0.39, 0.29) is 11.8 Å². The summed E-state index contributed by atoms with van der Waals surface area (Å²) >= 11 is 6.01. The van der Waals surface area contributed by atoms with E-state index in [1.54, 1.807) is 62.4 Å². The number of amides is 2. The highest BCUT2D eigenvalue weighted by atomic mass is 35.5. The van der Waals surface area contributed by atoms with Crippen LogP contribution in [0, 0.1) is 0 Å². The second-order valence-electron chi connectivity index (χ2n) is 5.16. The van der Waals surface area contributed by atoms with Crippen LogP contribution < -0.4 is 15.4 Å². The maximum Gasteiger partial charge on any atom is 0.265 e. The van der Waals surface area contributed by atoms with Crippen molar-refractivity contribution < 1.29 is 14.3 Å². The molecule has 6 heteroatoms. The maximum absolute atomic E-state index is 12.2. The van der Waals surface area contributed by atoms with Gasteiger partial charge < -0.3 is 15.4 Å². The molecule has 0 spiro atoms. The molecule has 1 unspecified atom stereocenters. The number of carbonyl (C=O) groups excluding carboxylic acids is 2. The molecule has 0 aliphatic heterocycles. The highest BCUT2D eigenvalue weighted by molar-refractivity contribution is 6.32. The van der Waals surface area contributed by atoms with Gasteiger partial charge in [0.05, 0.1) is 5.02 Å². The molecule has 0 aliphatic carbocycles. The number of rotatable bonds is 6. The Hall–Kier alpha value is -2.53. The van der Waals surface area contributed by atoms with Crippen LogP contribution in [0.2, 0.25) is 5.02 Å². The molecule has 2 N–H and O–H groups in total. The van der Waals surface area contributed by atoms with Crippen LogP contribution in [0.15, 0.2) is 48.5 Å². The number of benzene rings is 2. The summed E-state index contributed by atoms with van der Waals surface area (Å²) < 4.78 is 5.57. The van der Waals surface area contributed by atoms with Crippen LogP contribution in [0.1, 0.15) is 20.3 Å². The summed E-state index contributed by atoms with van der Waals surface area (Å²) in [5.74, 6) is 0.105. The van der Waals surface area contributed by atoms with Gasteiger partial charge in [-0.1, -0.05) is 30.7 Å². The highest BCUT2D eigenvalue weighted by Gasteiger charge is 2.16. The zero-order chi connectivity index (χ0) is 17.5. The van der Waals surface area contributed by atoms with Gasteiger partial charge in [0.15, 0.2) is 6.10 Å². The third-order valence-electron chi connectivity index (χ3n) is 3.27. The van der Waals surface area contributed by atoms with E-state index in [0.29, 0.717) is 28.6 Å². The molecular formula is C18H19ClN2O3. The molecule has 2 amide bonds. The standard InChI is InChI=1S/C18H19ClN2O3/c1-3-17(22)20-13-8-10-14(11-9-13)21-18(23)12(2)24-16-7-5-4-6-15(16)19/h4-12H,3H2,1-2H3,(H,20,22)(H,21,23). The largest absolute Gasteiger partial charge is 0.479 e. The normalized spacial score (nSPS) is 11.5. The van der Waals surface area contributed by atoms with Crippen LogP contribution >= 0.6 is 11.6 Å². The Morgan fingerprint density at radius 3 is 2.21 bits per heavy atom. The monoisotopic (exact) mass is 346 g/mol. The molecular weight excluding hydrogens is 328 g/mol. The molecule has 0 bridgehead atoms. The minimum absolute atomic E-state index is 0.0615. The van der Waals surface area contributed by atoms with Crippen LogP contribution in [0.5, 0.6) is 5.75 Å². The summed E-state index contributed by atoms with van der Waals surface area (Å²) in [6.45, 7) is 3.43. The van der Waals surface area contributed by atoms with Crippen LogP contribution in [0.25, 0.3) is 0 Å². The minimum atomic E-state index is -0.704. The van der Waals surface area contributed by atoms with Crippen LogP contribution in [-0.2, 0) is 9.59 Å². The Balaban J connectivity index is 1.94. The molecule has 0 aliphatic rings. The molecule has 5 nitrogen and oxygen atoms in total. The summed E-state index contributed by atoms with van der Waals surface area (Å²) in [5.41, 5.74) is 1.30. The molecule has 0 saturated carbocycles. The SMILES string of the molecule is CCC(=O)Nc1ccc(NC(=O)C(C)Oc2ccccc2Cl)cc1. The van der Waals surface area contributed by atoms with Crippen molar-refractivity contribution >= 4 is 34.8 Å². The number of halogens is 1. The topological polar surface area (TPSA) is 67.4 Å². The molecule has 126 valence electrons. The van der Waals surface area contributed by atoms with Crippen molar-refractivity contribution in [3.63, 3.8) is 0 Å². The summed E-state index contributed by atoms with van der Waals surface area (Å²) in [6.07, 6.45) is -0.292. The quantitative estimate of drug-likeness (QED) is 0.827. The first-order valence-corrected chi connectivity index (χ1v) is 7.99. The van der Waals surface area contributed by atoms with Gasteiger partial charge in [0.25, 0.3) is 5.91 Å². The predicted octanol–water partition coefficient (Wildman–Crippen LogP) is 4.09. The molecule has 1 atom stereocenters. The van der Waals surface area contributed by atoms with E-state index < -0.39 is 6.10 Å². The van der Waals surface area contributed by atoms with E-state index in [1.165, 1.54) is 0 Å². The van der Waals surface area contributed by atoms with Crippen LogP contribution in [0.3, 0.4) is 0 Å². The third kappa shape index (κ3) is 4.99. The lowest BCUT2D eigenvalue weighted by atomic mass is 10.2. The Bertz CT molecular complexity index is 716. The Kier molecular flexibility index (Phi) is 6.21. The number of carbonyl (C=O) groups is 2. The van der Waals surface area contributed by atoms with E-state index in [9.17, 15) is 9.59 Å². The van der Waals surface area contributed by atoms with Gasteiger partial charge in [0, 0.05) is 17.8 Å². The molecule has 0 heterocycles. The summed E-state index contributed by atoms with van der Waals surface area (Å²) in [4.78, 5) is 23.5. The lowest BCUT2D eigenvalue weighted by Gasteiger charge is -2.15. The Morgan fingerprint density at radius 1 is 1.04 bits per heavy atom. The molecule has 2 aromatic rings. The van der Waals surface area contributed by atoms with Gasteiger partial charge in [0.1, 0.15) is 5.75 Å². The predicted molar refractivity (Wildman–Crippen MR) is 95.5 cm³/mol. The number of anilines is 2. The average Bonchev–Trinajstić information content (AvgIpc) is 2.58. The smallest absolute Gasteiger partial charge is 0.265 e. The molecule has 24 heavy (non-hydrogen) atoms. The molecule has 2 aromatic carbocycles. The van der Waals surface area contributed by atoms with E-state index in [0.717, 1.165) is 0 Å². The van der Waals surface area contributed by atoms with E-state index in [2.05, 4.69) is 10.6 Å². The van der Waals surface area contributed by atoms with E-state index in [1.807, 2.05) is 0 Å². The first kappa shape index (κ1) is 17.8. The number of para-hydroxylation sites is 1. The second kappa shape index (κ2) is 8.36. The average molecular weight is 347 g/mol. The summed E-state index contributed by atoms with van der Waals surface area (Å²) in [7, 11) is 0. The maximum atomic E-state index is 12.2. The first-order valence-electron chi connectivity index (χ1n) is 7.61. The highest BCUT2D eigenvalue weighted by Crippen LogP contribution is 2.24. The third-order valence-corrected chi connectivity index (χ3v) is 3.58. The van der Waals surface area contributed by atoms with Crippen molar-refractivity contribution in [2.45, 2.75) is 26.4 Å². The Morgan fingerprint density at radius 2 is 1.62 bits per heavy atom. The summed E-state index contributed by atoms with van der Waals surface area (Å²) in [6, 6.07) is 13.9. The van der Waals surface area contributed by atoms with Crippen molar-refractivity contribution in [2.24, 2.45) is 0 Å². The lowest BCUT2D eigenvalue weighted by Crippen LogP contribution is -2.30. The fourth-order valence-corrected chi connectivity index (χ4v) is 2.09. The van der Waals surface area contributed by atoms with Gasteiger partial charge in [0.2, 0.25) is 5.91 Å². The van der Waals surface area contributed by atoms with E-state index >= 15 is 0 Å². The molecule has 0 saturated heterocycles. The summed E-state index contributed by atoms with van der Waals surface area (Å²) in [5, 5.41) is 5.95. The van der Waals surface area contributed by atoms with Crippen LogP contribution in [-0.4, -0.2) is 17.9 Å². The van der Waals surface area contributed by atoms with Gasteiger partial charge >= 0.3 is 0 Å². The van der Waals surface area contributed by atoms with Crippen LogP contribution in [0.4, 0.5) is 11.4 Å². The van der Waals surface area contributed by atoms with Gasteiger partial charge in [-0.05, 0) is 43.3 Å². The minimum Gasteiger partial charge on any atom is -0.479 e. The number of ether oxygens (including phenoxy) is 1. The first-order chi connectivity index (χ1) is 11.5. The van der Waals surface area contributed by atoms with E-state index in [4.69, 9.17) is 16.3 Å². The number of hydrogen-bond acceptors (Lipinski definition) is 3. The van der Waals surface area contributed by atoms with Crippen molar-refractivity contribution in [3.8, 4) is 5.75 Å². The number of hydrogen-bond donors (Lipinski definition) is 2. The van der Waals surface area contributed by atoms with Gasteiger partial charge in [-0.3, -0.25) is 9.59 Å². The van der Waals surface area contributed by atoms with Crippen molar-refractivity contribution in [2.75, 3.05) is 10.6 Å². The zero-order valence-corrected chi connectivity index (χ0v) is 14.3. The molecule has 0 aromatic heterocycles. The molecule has 0 fully saturated rings. The zero-order valence-electron chi connectivity index (χ0n) is 13.5.